The lowest BCUT2D eigenvalue weighted by atomic mass is 10.1. The number of hydrogen-bond acceptors (Lipinski definition) is 4. The van der Waals surface area contributed by atoms with Crippen LogP contribution in [0.3, 0.4) is 0 Å². The average Bonchev–Trinajstić information content (AvgIpc) is 3.11. The molecule has 0 atom stereocenters. The SMILES string of the molecule is O=S(=O)(Nc1cccc(Br)c1)c1c2c(cc3c1OCC3)OCC2. The van der Waals surface area contributed by atoms with Gasteiger partial charge in [0.05, 0.1) is 13.2 Å². The van der Waals surface area contributed by atoms with Gasteiger partial charge in [-0.25, -0.2) is 8.42 Å². The van der Waals surface area contributed by atoms with Gasteiger partial charge in [0.25, 0.3) is 10.0 Å². The fourth-order valence-electron chi connectivity index (χ4n) is 2.98. The Bertz CT molecular complexity index is 863. The zero-order chi connectivity index (χ0) is 16.0. The zero-order valence-corrected chi connectivity index (χ0v) is 14.5. The summed E-state index contributed by atoms with van der Waals surface area (Å²) in [6, 6.07) is 8.96. The molecular formula is C16H14BrNO4S. The first kappa shape index (κ1) is 14.8. The summed E-state index contributed by atoms with van der Waals surface area (Å²) in [5.74, 6) is 1.13. The summed E-state index contributed by atoms with van der Waals surface area (Å²) in [5, 5.41) is 0. The second-order valence-corrected chi connectivity index (χ2v) is 8.02. The highest BCUT2D eigenvalue weighted by molar-refractivity contribution is 9.10. The molecule has 0 radical (unpaired) electrons. The highest BCUT2D eigenvalue weighted by Crippen LogP contribution is 2.43. The van der Waals surface area contributed by atoms with Crippen LogP contribution in [-0.4, -0.2) is 21.6 Å². The number of nitrogens with one attached hydrogen (secondary N) is 1. The van der Waals surface area contributed by atoms with Crippen molar-refractivity contribution in [3.63, 3.8) is 0 Å². The number of ether oxygens (including phenoxy) is 2. The van der Waals surface area contributed by atoms with E-state index in [1.165, 1.54) is 0 Å². The molecule has 2 aromatic carbocycles. The van der Waals surface area contributed by atoms with Crippen molar-refractivity contribution in [2.24, 2.45) is 0 Å². The van der Waals surface area contributed by atoms with Crippen LogP contribution in [-0.2, 0) is 22.9 Å². The summed E-state index contributed by atoms with van der Waals surface area (Å²) in [6.07, 6.45) is 1.27. The fourth-order valence-corrected chi connectivity index (χ4v) is 4.88. The molecule has 0 aliphatic carbocycles. The van der Waals surface area contributed by atoms with Crippen molar-refractivity contribution in [3.05, 3.63) is 45.9 Å². The van der Waals surface area contributed by atoms with Crippen LogP contribution >= 0.6 is 15.9 Å². The summed E-state index contributed by atoms with van der Waals surface area (Å²) < 4.78 is 40.6. The van der Waals surface area contributed by atoms with E-state index in [2.05, 4.69) is 20.7 Å². The van der Waals surface area contributed by atoms with E-state index in [9.17, 15) is 8.42 Å². The van der Waals surface area contributed by atoms with Gasteiger partial charge in [0, 0.05) is 34.1 Å². The lowest BCUT2D eigenvalue weighted by molar-refractivity contribution is 0.348. The van der Waals surface area contributed by atoms with E-state index in [4.69, 9.17) is 9.47 Å². The Balaban J connectivity index is 1.84. The fraction of sp³-hybridized carbons (Fsp3) is 0.250. The second-order valence-electron chi connectivity index (χ2n) is 5.48. The predicted molar refractivity (Wildman–Crippen MR) is 89.8 cm³/mol. The molecule has 0 unspecified atom stereocenters. The first-order chi connectivity index (χ1) is 11.0. The largest absolute Gasteiger partial charge is 0.493 e. The number of rotatable bonds is 3. The maximum atomic E-state index is 13.0. The van der Waals surface area contributed by atoms with E-state index in [-0.39, 0.29) is 4.90 Å². The van der Waals surface area contributed by atoms with Crippen molar-refractivity contribution < 1.29 is 17.9 Å². The Morgan fingerprint density at radius 2 is 1.91 bits per heavy atom. The van der Waals surface area contributed by atoms with Crippen molar-refractivity contribution in [1.82, 2.24) is 0 Å². The Morgan fingerprint density at radius 3 is 2.74 bits per heavy atom. The van der Waals surface area contributed by atoms with Gasteiger partial charge in [-0.1, -0.05) is 22.0 Å². The van der Waals surface area contributed by atoms with E-state index in [1.807, 2.05) is 12.1 Å². The molecule has 120 valence electrons. The van der Waals surface area contributed by atoms with Crippen LogP contribution in [0.4, 0.5) is 5.69 Å². The number of anilines is 1. The maximum Gasteiger partial charge on any atom is 0.266 e. The second kappa shape index (κ2) is 5.42. The quantitative estimate of drug-likeness (QED) is 0.866. The summed E-state index contributed by atoms with van der Waals surface area (Å²) in [4.78, 5) is 0.222. The van der Waals surface area contributed by atoms with Crippen molar-refractivity contribution in [2.45, 2.75) is 17.7 Å². The standard InChI is InChI=1S/C16H14BrNO4S/c17-11-2-1-3-12(9-11)18-23(19,20)16-13-5-7-21-14(13)8-10-4-6-22-15(10)16/h1-3,8-9,18H,4-7H2. The van der Waals surface area contributed by atoms with Gasteiger partial charge in [-0.05, 0) is 24.3 Å². The molecule has 0 fully saturated rings. The van der Waals surface area contributed by atoms with Crippen LogP contribution in [0.15, 0.2) is 39.7 Å². The molecule has 0 saturated heterocycles. The molecule has 0 bridgehead atoms. The number of fused-ring (bicyclic) bond motifs is 2. The third-order valence-electron chi connectivity index (χ3n) is 3.95. The molecule has 5 nitrogen and oxygen atoms in total. The van der Waals surface area contributed by atoms with E-state index < -0.39 is 10.0 Å². The Hall–Kier alpha value is -1.73. The Kier molecular flexibility index (Phi) is 3.50. The van der Waals surface area contributed by atoms with Gasteiger partial charge in [0.1, 0.15) is 16.4 Å². The number of sulfonamides is 1. The van der Waals surface area contributed by atoms with Crippen LogP contribution in [0.5, 0.6) is 11.5 Å². The van der Waals surface area contributed by atoms with Crippen LogP contribution in [0.1, 0.15) is 11.1 Å². The lowest BCUT2D eigenvalue weighted by Gasteiger charge is -2.15. The molecule has 2 aliphatic heterocycles. The van der Waals surface area contributed by atoms with E-state index in [1.54, 1.807) is 18.2 Å². The number of halogens is 1. The molecule has 0 saturated carbocycles. The molecule has 0 aromatic heterocycles. The summed E-state index contributed by atoms with van der Waals surface area (Å²) in [5.41, 5.74) is 2.09. The van der Waals surface area contributed by atoms with Gasteiger partial charge in [0.15, 0.2) is 0 Å². The number of benzene rings is 2. The summed E-state index contributed by atoms with van der Waals surface area (Å²) in [6.45, 7) is 0.995. The van der Waals surface area contributed by atoms with Gasteiger partial charge >= 0.3 is 0 Å². The smallest absolute Gasteiger partial charge is 0.266 e. The maximum absolute atomic E-state index is 13.0. The van der Waals surface area contributed by atoms with Crippen LogP contribution in [0.25, 0.3) is 0 Å². The van der Waals surface area contributed by atoms with Crippen molar-refractivity contribution >= 4 is 31.6 Å². The van der Waals surface area contributed by atoms with Crippen molar-refractivity contribution in [2.75, 3.05) is 17.9 Å². The molecular weight excluding hydrogens is 382 g/mol. The van der Waals surface area contributed by atoms with Crippen LogP contribution < -0.4 is 14.2 Å². The normalized spacial score (nSPS) is 15.5. The molecule has 2 aliphatic rings. The summed E-state index contributed by atoms with van der Waals surface area (Å²) in [7, 11) is -3.76. The summed E-state index contributed by atoms with van der Waals surface area (Å²) >= 11 is 3.35. The van der Waals surface area contributed by atoms with Crippen LogP contribution in [0.2, 0.25) is 0 Å². The van der Waals surface area contributed by atoms with Gasteiger partial charge in [-0.3, -0.25) is 4.72 Å². The van der Waals surface area contributed by atoms with Gasteiger partial charge < -0.3 is 9.47 Å². The molecule has 7 heteroatoms. The lowest BCUT2D eigenvalue weighted by Crippen LogP contribution is -2.16. The van der Waals surface area contributed by atoms with Gasteiger partial charge in [-0.2, -0.15) is 0 Å². The van der Waals surface area contributed by atoms with E-state index in [0.717, 1.165) is 10.0 Å². The molecule has 4 rings (SSSR count). The highest BCUT2D eigenvalue weighted by atomic mass is 79.9. The van der Waals surface area contributed by atoms with Crippen LogP contribution in [0, 0.1) is 0 Å². The van der Waals surface area contributed by atoms with Gasteiger partial charge in [-0.15, -0.1) is 0 Å². The first-order valence-corrected chi connectivity index (χ1v) is 9.55. The molecule has 2 heterocycles. The minimum Gasteiger partial charge on any atom is -0.493 e. The molecule has 2 aromatic rings. The highest BCUT2D eigenvalue weighted by Gasteiger charge is 2.33. The average molecular weight is 396 g/mol. The minimum atomic E-state index is -3.76. The predicted octanol–water partition coefficient (Wildman–Crippen LogP) is 3.12. The van der Waals surface area contributed by atoms with E-state index in [0.29, 0.717) is 48.8 Å². The van der Waals surface area contributed by atoms with Crippen molar-refractivity contribution in [3.8, 4) is 11.5 Å². The molecule has 23 heavy (non-hydrogen) atoms. The molecule has 0 spiro atoms. The minimum absolute atomic E-state index is 0.222. The third-order valence-corrected chi connectivity index (χ3v) is 5.91. The molecule has 0 amide bonds. The Labute approximate surface area is 142 Å². The van der Waals surface area contributed by atoms with E-state index >= 15 is 0 Å². The zero-order valence-electron chi connectivity index (χ0n) is 12.1. The van der Waals surface area contributed by atoms with Gasteiger partial charge in [0.2, 0.25) is 0 Å². The molecule has 1 N–H and O–H groups in total. The Morgan fingerprint density at radius 1 is 1.09 bits per heavy atom. The third kappa shape index (κ3) is 2.57. The monoisotopic (exact) mass is 395 g/mol. The van der Waals surface area contributed by atoms with Crippen molar-refractivity contribution in [1.29, 1.82) is 0 Å². The first-order valence-electron chi connectivity index (χ1n) is 7.27. The topological polar surface area (TPSA) is 64.6 Å². The number of hydrogen-bond donors (Lipinski definition) is 1.